The zero-order valence-corrected chi connectivity index (χ0v) is 11.4. The molecule has 0 bridgehead atoms. The maximum absolute atomic E-state index is 11.0. The molecule has 0 saturated heterocycles. The van der Waals surface area contributed by atoms with Crippen LogP contribution in [0.5, 0.6) is 5.75 Å². The summed E-state index contributed by atoms with van der Waals surface area (Å²) >= 11 is 0. The van der Waals surface area contributed by atoms with Gasteiger partial charge in [-0.05, 0) is 12.1 Å². The summed E-state index contributed by atoms with van der Waals surface area (Å²) in [5.41, 5.74) is 1.42. The Morgan fingerprint density at radius 3 is 2.85 bits per heavy atom. The van der Waals surface area contributed by atoms with Gasteiger partial charge in [-0.1, -0.05) is 0 Å². The summed E-state index contributed by atoms with van der Waals surface area (Å²) in [6.07, 6.45) is 2.55. The number of rotatable bonds is 6. The Morgan fingerprint density at radius 2 is 2.25 bits per heavy atom. The van der Waals surface area contributed by atoms with Crippen molar-refractivity contribution in [2.75, 3.05) is 19.0 Å². The van der Waals surface area contributed by atoms with Crippen molar-refractivity contribution in [3.05, 3.63) is 46.3 Å². The predicted octanol–water partition coefficient (Wildman–Crippen LogP) is 1.99. The summed E-state index contributed by atoms with van der Waals surface area (Å²) in [4.78, 5) is 10.6. The Balaban J connectivity index is 2.05. The highest BCUT2D eigenvalue weighted by atomic mass is 16.6. The van der Waals surface area contributed by atoms with Gasteiger partial charge < -0.3 is 10.1 Å². The molecule has 0 spiro atoms. The van der Waals surface area contributed by atoms with E-state index in [1.807, 2.05) is 19.3 Å². The molecule has 0 atom stereocenters. The zero-order chi connectivity index (χ0) is 14.5. The standard InChI is InChI=1S/C13H16N4O3/c1-16-8-6-10(15-16)5-7-14-12-9-11(20-2)3-4-13(12)17(18)19/h3-4,6,8-9,14H,5,7H2,1-2H3. The van der Waals surface area contributed by atoms with Gasteiger partial charge in [0.2, 0.25) is 0 Å². The molecule has 1 aromatic heterocycles. The first-order valence-electron chi connectivity index (χ1n) is 6.15. The molecule has 1 N–H and O–H groups in total. The van der Waals surface area contributed by atoms with E-state index in [0.29, 0.717) is 24.4 Å². The highest BCUT2D eigenvalue weighted by Gasteiger charge is 2.14. The molecule has 0 aliphatic heterocycles. The SMILES string of the molecule is COc1ccc([N+](=O)[O-])c(NCCc2ccn(C)n2)c1. The Labute approximate surface area is 116 Å². The highest BCUT2D eigenvalue weighted by molar-refractivity contribution is 5.64. The molecular formula is C13H16N4O3. The number of methoxy groups -OCH3 is 1. The van der Waals surface area contributed by atoms with E-state index in [4.69, 9.17) is 4.74 Å². The van der Waals surface area contributed by atoms with Gasteiger partial charge in [-0.3, -0.25) is 14.8 Å². The molecule has 0 aliphatic carbocycles. The molecule has 2 aromatic rings. The predicted molar refractivity (Wildman–Crippen MR) is 75.1 cm³/mol. The fourth-order valence-electron chi connectivity index (χ4n) is 1.86. The lowest BCUT2D eigenvalue weighted by molar-refractivity contribution is -0.384. The minimum Gasteiger partial charge on any atom is -0.497 e. The first-order chi connectivity index (χ1) is 9.60. The smallest absolute Gasteiger partial charge is 0.292 e. The van der Waals surface area contributed by atoms with Gasteiger partial charge >= 0.3 is 0 Å². The van der Waals surface area contributed by atoms with Crippen LogP contribution in [0.2, 0.25) is 0 Å². The molecule has 1 heterocycles. The van der Waals surface area contributed by atoms with Crippen LogP contribution in [-0.4, -0.2) is 28.4 Å². The first-order valence-corrected chi connectivity index (χ1v) is 6.15. The van der Waals surface area contributed by atoms with Crippen molar-refractivity contribution in [2.24, 2.45) is 7.05 Å². The highest BCUT2D eigenvalue weighted by Crippen LogP contribution is 2.28. The number of nitro benzene ring substituents is 1. The van der Waals surface area contributed by atoms with Crippen LogP contribution in [0.15, 0.2) is 30.5 Å². The average molecular weight is 276 g/mol. The van der Waals surface area contributed by atoms with E-state index in [0.717, 1.165) is 5.69 Å². The van der Waals surface area contributed by atoms with Crippen LogP contribution >= 0.6 is 0 Å². The number of ether oxygens (including phenoxy) is 1. The third-order valence-corrected chi connectivity index (χ3v) is 2.87. The minimum atomic E-state index is -0.414. The van der Waals surface area contributed by atoms with E-state index in [1.165, 1.54) is 13.2 Å². The van der Waals surface area contributed by atoms with Crippen molar-refractivity contribution in [2.45, 2.75) is 6.42 Å². The van der Waals surface area contributed by atoms with Crippen LogP contribution in [0.1, 0.15) is 5.69 Å². The Kier molecular flexibility index (Phi) is 4.19. The van der Waals surface area contributed by atoms with Gasteiger partial charge in [0.1, 0.15) is 11.4 Å². The molecule has 7 heteroatoms. The van der Waals surface area contributed by atoms with Crippen molar-refractivity contribution in [3.63, 3.8) is 0 Å². The Morgan fingerprint density at radius 1 is 1.45 bits per heavy atom. The summed E-state index contributed by atoms with van der Waals surface area (Å²) in [5, 5.41) is 18.3. The molecule has 7 nitrogen and oxygen atoms in total. The lowest BCUT2D eigenvalue weighted by Crippen LogP contribution is -2.07. The van der Waals surface area contributed by atoms with Crippen LogP contribution in [0.25, 0.3) is 0 Å². The molecule has 1 aromatic carbocycles. The summed E-state index contributed by atoms with van der Waals surface area (Å²) in [6, 6.07) is 6.54. The van der Waals surface area contributed by atoms with Crippen LogP contribution in [-0.2, 0) is 13.5 Å². The Bertz CT molecular complexity index is 609. The number of nitro groups is 1. The van der Waals surface area contributed by atoms with Crippen molar-refractivity contribution in [3.8, 4) is 5.75 Å². The number of anilines is 1. The van der Waals surface area contributed by atoms with Gasteiger partial charge in [-0.15, -0.1) is 0 Å². The second kappa shape index (κ2) is 6.05. The second-order valence-corrected chi connectivity index (χ2v) is 4.30. The molecule has 0 saturated carbocycles. The van der Waals surface area contributed by atoms with Gasteiger partial charge in [0.05, 0.1) is 17.7 Å². The molecule has 2 rings (SSSR count). The summed E-state index contributed by atoms with van der Waals surface area (Å²) in [7, 11) is 3.38. The zero-order valence-electron chi connectivity index (χ0n) is 11.4. The molecule has 0 aliphatic rings. The third kappa shape index (κ3) is 3.25. The van der Waals surface area contributed by atoms with Crippen molar-refractivity contribution >= 4 is 11.4 Å². The van der Waals surface area contributed by atoms with E-state index in [1.54, 1.807) is 16.8 Å². The van der Waals surface area contributed by atoms with Gasteiger partial charge in [-0.2, -0.15) is 5.10 Å². The van der Waals surface area contributed by atoms with Crippen LogP contribution in [0, 0.1) is 10.1 Å². The quantitative estimate of drug-likeness (QED) is 0.644. The number of nitrogens with one attached hydrogen (secondary N) is 1. The number of aryl methyl sites for hydroxylation is 1. The van der Waals surface area contributed by atoms with Crippen molar-refractivity contribution in [1.29, 1.82) is 0 Å². The maximum atomic E-state index is 11.0. The molecular weight excluding hydrogens is 260 g/mol. The fourth-order valence-corrected chi connectivity index (χ4v) is 1.86. The monoisotopic (exact) mass is 276 g/mol. The Hall–Kier alpha value is -2.57. The molecule has 0 unspecified atom stereocenters. The van der Waals surface area contributed by atoms with Crippen molar-refractivity contribution in [1.82, 2.24) is 9.78 Å². The van der Waals surface area contributed by atoms with E-state index >= 15 is 0 Å². The fraction of sp³-hybridized carbons (Fsp3) is 0.308. The second-order valence-electron chi connectivity index (χ2n) is 4.30. The van der Waals surface area contributed by atoms with Gasteiger partial charge in [0.25, 0.3) is 5.69 Å². The van der Waals surface area contributed by atoms with Gasteiger partial charge in [0, 0.05) is 38.3 Å². The maximum Gasteiger partial charge on any atom is 0.292 e. The lowest BCUT2D eigenvalue weighted by atomic mass is 10.2. The number of nitrogens with zero attached hydrogens (tertiary/aromatic N) is 3. The molecule has 0 radical (unpaired) electrons. The lowest BCUT2D eigenvalue weighted by Gasteiger charge is -2.08. The summed E-state index contributed by atoms with van der Waals surface area (Å²) in [5.74, 6) is 0.580. The van der Waals surface area contributed by atoms with Crippen LogP contribution in [0.4, 0.5) is 11.4 Å². The number of hydrogen-bond donors (Lipinski definition) is 1. The molecule has 106 valence electrons. The van der Waals surface area contributed by atoms with E-state index in [9.17, 15) is 10.1 Å². The average Bonchev–Trinajstić information content (AvgIpc) is 2.84. The summed E-state index contributed by atoms with van der Waals surface area (Å²) < 4.78 is 6.80. The largest absolute Gasteiger partial charge is 0.497 e. The number of benzene rings is 1. The van der Waals surface area contributed by atoms with E-state index in [-0.39, 0.29) is 5.69 Å². The molecule has 0 fully saturated rings. The topological polar surface area (TPSA) is 82.2 Å². The first kappa shape index (κ1) is 13.9. The van der Waals surface area contributed by atoms with E-state index in [2.05, 4.69) is 10.4 Å². The minimum absolute atomic E-state index is 0.0341. The molecule has 0 amide bonds. The van der Waals surface area contributed by atoms with Crippen molar-refractivity contribution < 1.29 is 9.66 Å². The van der Waals surface area contributed by atoms with Crippen LogP contribution < -0.4 is 10.1 Å². The van der Waals surface area contributed by atoms with Gasteiger partial charge in [0.15, 0.2) is 0 Å². The number of hydrogen-bond acceptors (Lipinski definition) is 5. The summed E-state index contributed by atoms with van der Waals surface area (Å²) in [6.45, 7) is 0.561. The van der Waals surface area contributed by atoms with Gasteiger partial charge in [-0.25, -0.2) is 0 Å². The van der Waals surface area contributed by atoms with E-state index < -0.39 is 4.92 Å². The normalized spacial score (nSPS) is 10.3. The van der Waals surface area contributed by atoms with Crippen LogP contribution in [0.3, 0.4) is 0 Å². The molecule has 20 heavy (non-hydrogen) atoms. The number of aromatic nitrogens is 2. The third-order valence-electron chi connectivity index (χ3n) is 2.87.